The minimum atomic E-state index is -0.926. The molecule has 3 aromatic carbocycles. The van der Waals surface area contributed by atoms with E-state index in [9.17, 15) is 29.7 Å². The van der Waals surface area contributed by atoms with Crippen molar-refractivity contribution in [2.75, 3.05) is 36.4 Å². The maximum absolute atomic E-state index is 13.0. The van der Waals surface area contributed by atoms with Crippen molar-refractivity contribution >= 4 is 34.3 Å². The summed E-state index contributed by atoms with van der Waals surface area (Å²) in [5.41, 5.74) is 4.95. The van der Waals surface area contributed by atoms with E-state index in [1.807, 2.05) is 48.5 Å². The molecule has 2 bridgehead atoms. The highest BCUT2D eigenvalue weighted by molar-refractivity contribution is 5.95. The van der Waals surface area contributed by atoms with E-state index in [0.717, 1.165) is 61.3 Å². The van der Waals surface area contributed by atoms with Crippen molar-refractivity contribution in [3.8, 4) is 16.9 Å². The molecule has 3 saturated heterocycles. The lowest BCUT2D eigenvalue weighted by atomic mass is 9.78. The molecule has 55 heavy (non-hydrogen) atoms. The average molecular weight is 757 g/mol. The van der Waals surface area contributed by atoms with Crippen LogP contribution in [0.5, 0.6) is 5.75 Å². The molecule has 2 amide bonds. The summed E-state index contributed by atoms with van der Waals surface area (Å²) in [7, 11) is 0. The van der Waals surface area contributed by atoms with Crippen LogP contribution in [0.3, 0.4) is 0 Å². The van der Waals surface area contributed by atoms with Crippen LogP contribution < -0.4 is 21.1 Å². The first-order valence-corrected chi connectivity index (χ1v) is 18.1. The van der Waals surface area contributed by atoms with Gasteiger partial charge in [-0.05, 0) is 79.1 Å². The number of amides is 2. The summed E-state index contributed by atoms with van der Waals surface area (Å²) in [5, 5.41) is 38.2. The Labute approximate surface area is 316 Å². The smallest absolute Gasteiger partial charge is 0.412 e. The number of benzene rings is 3. The number of aliphatic hydroxyl groups is 1. The molecule has 6 N–H and O–H groups in total. The maximum Gasteiger partial charge on any atom is 0.412 e. The Morgan fingerprint density at radius 2 is 1.69 bits per heavy atom. The molecule has 0 spiro atoms. The Morgan fingerprint density at radius 1 is 0.945 bits per heavy atom. The lowest BCUT2D eigenvalue weighted by molar-refractivity contribution is -0.116. The van der Waals surface area contributed by atoms with E-state index in [1.165, 1.54) is 12.1 Å². The van der Waals surface area contributed by atoms with Crippen LogP contribution in [0.15, 0.2) is 95.9 Å². The number of hydrogen-bond acceptors (Lipinski definition) is 8. The molecule has 290 valence electrons. The largest absolute Gasteiger partial charge is 0.506 e. The van der Waals surface area contributed by atoms with Crippen molar-refractivity contribution in [3.63, 3.8) is 0 Å². The molecular weight excluding hydrogens is 710 g/mol. The Bertz CT molecular complexity index is 2150. The van der Waals surface area contributed by atoms with Crippen molar-refractivity contribution < 1.29 is 34.3 Å². The van der Waals surface area contributed by atoms with E-state index in [4.69, 9.17) is 0 Å². The summed E-state index contributed by atoms with van der Waals surface area (Å²) >= 11 is 0. The Balaban J connectivity index is 0.00000290. The van der Waals surface area contributed by atoms with Gasteiger partial charge in [0, 0.05) is 56.2 Å². The average Bonchev–Trinajstić information content (AvgIpc) is 3.17. The number of nitrogens with one attached hydrogen (secondary N) is 3. The molecule has 5 heterocycles. The quantitative estimate of drug-likeness (QED) is 0.0830. The van der Waals surface area contributed by atoms with Gasteiger partial charge < -0.3 is 35.8 Å². The lowest BCUT2D eigenvalue weighted by Gasteiger charge is -2.53. The molecule has 0 saturated carbocycles. The summed E-state index contributed by atoms with van der Waals surface area (Å²) < 4.78 is 0. The van der Waals surface area contributed by atoms with Crippen LogP contribution in [0.2, 0.25) is 0 Å². The second kappa shape index (κ2) is 17.6. The molecule has 3 aliphatic heterocycles. The highest BCUT2D eigenvalue weighted by atomic mass is 19.0. The number of aromatic amines is 1. The van der Waals surface area contributed by atoms with E-state index in [0.29, 0.717) is 48.1 Å². The molecule has 12 nitrogen and oxygen atoms in total. The maximum atomic E-state index is 13.0. The number of nitrogens with zero attached hydrogens (tertiary/aromatic N) is 3. The first kappa shape index (κ1) is 40.5. The van der Waals surface area contributed by atoms with Crippen LogP contribution in [0.4, 0.5) is 25.6 Å². The first-order chi connectivity index (χ1) is 25.7. The summed E-state index contributed by atoms with van der Waals surface area (Å²) in [6.45, 7) is 3.31. The molecule has 14 heteroatoms. The number of rotatable bonds is 13. The highest BCUT2D eigenvalue weighted by Gasteiger charge is 2.47. The van der Waals surface area contributed by atoms with Crippen LogP contribution in [-0.4, -0.2) is 73.9 Å². The second-order valence-corrected chi connectivity index (χ2v) is 14.0. The van der Waals surface area contributed by atoms with Gasteiger partial charge >= 0.3 is 6.09 Å². The van der Waals surface area contributed by atoms with Crippen LogP contribution in [-0.2, 0) is 17.8 Å². The zero-order valence-corrected chi connectivity index (χ0v) is 30.2. The number of carbonyl (C=O) groups is 2. The van der Waals surface area contributed by atoms with E-state index >= 15 is 0 Å². The molecular formula is C41H46F2N6O6. The fraction of sp³-hybridized carbons (Fsp3) is 0.317. The molecule has 5 aromatic rings. The van der Waals surface area contributed by atoms with Gasteiger partial charge in [-0.3, -0.25) is 28.9 Å². The van der Waals surface area contributed by atoms with Crippen molar-refractivity contribution in [2.24, 2.45) is 0 Å². The Hall–Kier alpha value is -5.70. The lowest BCUT2D eigenvalue weighted by Crippen LogP contribution is -2.62. The minimum Gasteiger partial charge on any atom is -0.506 e. The van der Waals surface area contributed by atoms with Crippen LogP contribution in [0, 0.1) is 0 Å². The number of hydrogen-bond donors (Lipinski definition) is 6. The van der Waals surface area contributed by atoms with Gasteiger partial charge in [0.25, 0.3) is 0 Å². The summed E-state index contributed by atoms with van der Waals surface area (Å²) in [5.74, 6) is -0.200. The summed E-state index contributed by atoms with van der Waals surface area (Å²) in [6, 6.07) is 25.6. The van der Waals surface area contributed by atoms with Gasteiger partial charge in [0.05, 0.1) is 40.4 Å². The number of carbonyl (C=O) groups excluding carboxylic acids is 1. The molecule has 3 fully saturated rings. The van der Waals surface area contributed by atoms with Crippen molar-refractivity contribution in [1.82, 2.24) is 20.2 Å². The van der Waals surface area contributed by atoms with E-state index in [-0.39, 0.29) is 38.7 Å². The Kier molecular flexibility index (Phi) is 13.0. The molecule has 0 unspecified atom stereocenters. The number of carboxylic acid groups (broad SMARTS) is 1. The number of aromatic nitrogens is 2. The zero-order chi connectivity index (χ0) is 37.0. The number of fused-ring (bicyclic) bond motifs is 4. The first-order valence-electron chi connectivity index (χ1n) is 18.1. The second-order valence-electron chi connectivity index (χ2n) is 14.0. The molecule has 0 aliphatic carbocycles. The third kappa shape index (κ3) is 8.99. The number of halogens is 2. The van der Waals surface area contributed by atoms with Crippen LogP contribution in [0.1, 0.15) is 55.0 Å². The summed E-state index contributed by atoms with van der Waals surface area (Å²) in [6.07, 6.45) is 3.73. The summed E-state index contributed by atoms with van der Waals surface area (Å²) in [4.78, 5) is 48.7. The minimum absolute atomic E-state index is 0. The number of H-pyrrole nitrogens is 1. The number of phenols is 1. The van der Waals surface area contributed by atoms with Gasteiger partial charge in [-0.2, -0.15) is 0 Å². The predicted octanol–water partition coefficient (Wildman–Crippen LogP) is 6.11. The zero-order valence-electron chi connectivity index (χ0n) is 30.2. The van der Waals surface area contributed by atoms with Crippen molar-refractivity contribution in [2.45, 2.75) is 56.7 Å². The molecule has 8 rings (SSSR count). The van der Waals surface area contributed by atoms with Gasteiger partial charge in [-0.1, -0.05) is 48.5 Å². The van der Waals surface area contributed by atoms with Crippen LogP contribution >= 0.6 is 0 Å². The highest BCUT2D eigenvalue weighted by Crippen LogP contribution is 2.44. The SMILES string of the molecule is F.F.O=C(CCCc1ccc(-c2ccccc2)c(N(C(=O)O)C23CCN(CC2)CC3)c1)Nc1ccc(CNC[C@H](O)c2ccc(O)c3[nH]c(=O)ccc23)nc1. The van der Waals surface area contributed by atoms with Gasteiger partial charge in [0.2, 0.25) is 11.5 Å². The third-order valence-electron chi connectivity index (χ3n) is 10.6. The normalized spacial score (nSPS) is 17.8. The number of pyridine rings is 2. The molecule has 2 aromatic heterocycles. The fourth-order valence-electron chi connectivity index (χ4n) is 7.76. The number of anilines is 2. The monoisotopic (exact) mass is 756 g/mol. The van der Waals surface area contributed by atoms with Gasteiger partial charge in [-0.15, -0.1) is 0 Å². The number of aliphatic hydroxyl groups excluding tert-OH is 1. The number of aromatic hydroxyl groups is 1. The van der Waals surface area contributed by atoms with Gasteiger partial charge in [-0.25, -0.2) is 4.79 Å². The topological polar surface area (TPSA) is 171 Å². The van der Waals surface area contributed by atoms with Gasteiger partial charge in [0.1, 0.15) is 5.75 Å². The van der Waals surface area contributed by atoms with E-state index in [1.54, 1.807) is 35.4 Å². The van der Waals surface area contributed by atoms with Crippen molar-refractivity contribution in [3.05, 3.63) is 118 Å². The molecule has 3 aliphatic rings. The van der Waals surface area contributed by atoms with E-state index < -0.39 is 17.7 Å². The van der Waals surface area contributed by atoms with Crippen molar-refractivity contribution in [1.29, 1.82) is 0 Å². The predicted molar refractivity (Wildman–Crippen MR) is 209 cm³/mol. The third-order valence-corrected chi connectivity index (χ3v) is 10.6. The molecule has 0 radical (unpaired) electrons. The fourth-order valence-corrected chi connectivity index (χ4v) is 7.76. The van der Waals surface area contributed by atoms with Gasteiger partial charge in [0.15, 0.2) is 0 Å². The van der Waals surface area contributed by atoms with E-state index in [2.05, 4.69) is 25.5 Å². The standard InChI is InChI=1S/C41H44N6O6.2FH/c48-35-15-13-32(33-14-16-38(51)45-39(33)35)36(49)26-42-24-29-10-11-30(25-43-29)44-37(50)8-4-5-27-9-12-31(28-6-2-1-3-7-28)34(23-27)47(40(52)53)41-17-20-46(21-18-41)22-19-41;;/h1-3,6-7,9-16,23,25,36,42,48-49H,4-5,8,17-22,24,26H2,(H,44,50)(H,45,51)(H,52,53);2*1H/t36-;;/m0../s1. The van der Waals surface area contributed by atoms with Crippen LogP contribution in [0.25, 0.3) is 22.0 Å². The Morgan fingerprint density at radius 3 is 2.38 bits per heavy atom. The number of aryl methyl sites for hydroxylation is 1. The number of phenolic OH excluding ortho intramolecular Hbond substituents is 1. The number of piperidine rings is 3. The molecule has 1 atom stereocenters.